The third kappa shape index (κ3) is 1.73. The molecule has 78 valence electrons. The van der Waals surface area contributed by atoms with Gasteiger partial charge in [-0.05, 0) is 37.5 Å². The Morgan fingerprint density at radius 1 is 1.14 bits per heavy atom. The second-order valence-corrected chi connectivity index (χ2v) is 4.05. The van der Waals surface area contributed by atoms with Crippen LogP contribution in [0.15, 0.2) is 0 Å². The lowest BCUT2D eigenvalue weighted by atomic mass is 10.00. The van der Waals surface area contributed by atoms with Crippen LogP contribution in [0.1, 0.15) is 22.3 Å². The molecular formula is C11H15ClOS. The average Bonchev–Trinajstić information content (AvgIpc) is 2.20. The van der Waals surface area contributed by atoms with Gasteiger partial charge in [-0.15, -0.1) is 0 Å². The topological polar surface area (TPSA) is 9.23 Å². The number of benzene rings is 1. The highest BCUT2D eigenvalue weighted by molar-refractivity contribution is 7.79. The molecule has 0 spiro atoms. The van der Waals surface area contributed by atoms with E-state index >= 15 is 0 Å². The minimum atomic E-state index is 0.649. The molecule has 0 amide bonds. The summed E-state index contributed by atoms with van der Waals surface area (Å²) in [6.07, 6.45) is 0. The monoisotopic (exact) mass is 230 g/mol. The third-order valence-electron chi connectivity index (χ3n) is 2.65. The highest BCUT2D eigenvalue weighted by atomic mass is 35.5. The molecule has 0 aliphatic rings. The van der Waals surface area contributed by atoms with Gasteiger partial charge in [-0.3, -0.25) is 0 Å². The Bertz CT molecular complexity index is 326. The lowest BCUT2D eigenvalue weighted by Gasteiger charge is -2.17. The average molecular weight is 231 g/mol. The van der Waals surface area contributed by atoms with E-state index in [0.29, 0.717) is 5.75 Å². The summed E-state index contributed by atoms with van der Waals surface area (Å²) in [6.45, 7) is 6.03. The van der Waals surface area contributed by atoms with Crippen molar-refractivity contribution in [3.8, 4) is 5.75 Å². The molecule has 0 heterocycles. The molecule has 0 saturated heterocycles. The van der Waals surface area contributed by atoms with Gasteiger partial charge in [0.1, 0.15) is 5.75 Å². The van der Waals surface area contributed by atoms with Crippen molar-refractivity contribution in [2.75, 3.05) is 7.11 Å². The number of hydrogen-bond acceptors (Lipinski definition) is 2. The van der Waals surface area contributed by atoms with Gasteiger partial charge in [-0.2, -0.15) is 12.6 Å². The first-order chi connectivity index (χ1) is 6.54. The minimum Gasteiger partial charge on any atom is -0.496 e. The Hall–Kier alpha value is -0.340. The maximum Gasteiger partial charge on any atom is 0.126 e. The molecule has 0 aromatic heterocycles. The Morgan fingerprint density at radius 3 is 2.14 bits per heavy atom. The quantitative estimate of drug-likeness (QED) is 0.763. The fraction of sp³-hybridized carbons (Fsp3) is 0.455. The summed E-state index contributed by atoms with van der Waals surface area (Å²) in [5, 5.41) is 0.826. The summed E-state index contributed by atoms with van der Waals surface area (Å²) < 4.78 is 5.38. The number of halogens is 1. The summed E-state index contributed by atoms with van der Waals surface area (Å²) >= 11 is 10.5. The smallest absolute Gasteiger partial charge is 0.126 e. The van der Waals surface area contributed by atoms with E-state index in [1.165, 1.54) is 0 Å². The second kappa shape index (κ2) is 4.45. The fourth-order valence-corrected chi connectivity index (χ4v) is 2.25. The van der Waals surface area contributed by atoms with Crippen molar-refractivity contribution in [2.24, 2.45) is 0 Å². The van der Waals surface area contributed by atoms with Crippen LogP contribution < -0.4 is 4.74 Å². The first-order valence-electron chi connectivity index (χ1n) is 4.47. The van der Waals surface area contributed by atoms with Crippen molar-refractivity contribution in [2.45, 2.75) is 26.5 Å². The Balaban J connectivity index is 3.57. The van der Waals surface area contributed by atoms with Gasteiger partial charge in [0, 0.05) is 16.3 Å². The lowest BCUT2D eigenvalue weighted by Crippen LogP contribution is -1.99. The van der Waals surface area contributed by atoms with Gasteiger partial charge < -0.3 is 4.74 Å². The van der Waals surface area contributed by atoms with E-state index < -0.39 is 0 Å². The van der Waals surface area contributed by atoms with Crippen molar-refractivity contribution in [3.05, 3.63) is 27.3 Å². The first-order valence-corrected chi connectivity index (χ1v) is 5.48. The molecule has 0 N–H and O–H groups in total. The first kappa shape index (κ1) is 11.7. The van der Waals surface area contributed by atoms with Crippen molar-refractivity contribution >= 4 is 24.2 Å². The SMILES string of the molecule is COc1c(C)c(C)c(Cl)c(C)c1CS. The van der Waals surface area contributed by atoms with E-state index in [1.807, 2.05) is 20.8 Å². The highest BCUT2D eigenvalue weighted by Crippen LogP contribution is 2.36. The standard InChI is InChI=1S/C11H15ClOS/c1-6-7(2)11(13-4)9(5-14)8(3)10(6)12/h14H,5H2,1-4H3. The van der Waals surface area contributed by atoms with E-state index in [4.69, 9.17) is 16.3 Å². The van der Waals surface area contributed by atoms with Crippen LogP contribution >= 0.6 is 24.2 Å². The molecule has 3 heteroatoms. The molecule has 0 unspecified atom stereocenters. The van der Waals surface area contributed by atoms with Crippen LogP contribution in [0.5, 0.6) is 5.75 Å². The van der Waals surface area contributed by atoms with Crippen LogP contribution in [0.25, 0.3) is 0 Å². The molecule has 1 rings (SSSR count). The largest absolute Gasteiger partial charge is 0.496 e. The van der Waals surface area contributed by atoms with Gasteiger partial charge in [-0.25, -0.2) is 0 Å². The zero-order valence-corrected chi connectivity index (χ0v) is 10.6. The Kier molecular flexibility index (Phi) is 3.73. The van der Waals surface area contributed by atoms with Crippen LogP contribution in [-0.2, 0) is 5.75 Å². The van der Waals surface area contributed by atoms with E-state index in [-0.39, 0.29) is 0 Å². The van der Waals surface area contributed by atoms with Gasteiger partial charge in [0.2, 0.25) is 0 Å². The summed E-state index contributed by atoms with van der Waals surface area (Å²) in [4.78, 5) is 0. The van der Waals surface area contributed by atoms with Gasteiger partial charge in [0.15, 0.2) is 0 Å². The summed E-state index contributed by atoms with van der Waals surface area (Å²) in [7, 11) is 1.68. The zero-order chi connectivity index (χ0) is 10.9. The molecule has 0 aliphatic heterocycles. The fourth-order valence-electron chi connectivity index (χ4n) is 1.61. The maximum absolute atomic E-state index is 6.21. The van der Waals surface area contributed by atoms with Crippen LogP contribution in [0.4, 0.5) is 0 Å². The number of hydrogen-bond donors (Lipinski definition) is 1. The number of methoxy groups -OCH3 is 1. The van der Waals surface area contributed by atoms with Gasteiger partial charge in [0.25, 0.3) is 0 Å². The van der Waals surface area contributed by atoms with Crippen LogP contribution in [0.3, 0.4) is 0 Å². The van der Waals surface area contributed by atoms with Crippen LogP contribution in [0, 0.1) is 20.8 Å². The van der Waals surface area contributed by atoms with Gasteiger partial charge in [-0.1, -0.05) is 11.6 Å². The van der Waals surface area contributed by atoms with Crippen molar-refractivity contribution in [1.82, 2.24) is 0 Å². The Morgan fingerprint density at radius 2 is 1.71 bits per heavy atom. The van der Waals surface area contributed by atoms with Gasteiger partial charge in [0.05, 0.1) is 7.11 Å². The lowest BCUT2D eigenvalue weighted by molar-refractivity contribution is 0.407. The number of thiol groups is 1. The number of ether oxygens (including phenoxy) is 1. The van der Waals surface area contributed by atoms with Crippen molar-refractivity contribution in [3.63, 3.8) is 0 Å². The molecule has 14 heavy (non-hydrogen) atoms. The molecular weight excluding hydrogens is 216 g/mol. The Labute approximate surface area is 95.8 Å². The molecule has 0 saturated carbocycles. The molecule has 0 fully saturated rings. The normalized spacial score (nSPS) is 10.4. The molecule has 1 nitrogen and oxygen atoms in total. The van der Waals surface area contributed by atoms with Crippen molar-refractivity contribution < 1.29 is 4.74 Å². The summed E-state index contributed by atoms with van der Waals surface area (Å²) in [5.41, 5.74) is 4.35. The third-order valence-corrected chi connectivity index (χ3v) is 3.53. The van der Waals surface area contributed by atoms with Gasteiger partial charge >= 0.3 is 0 Å². The predicted molar refractivity (Wildman–Crippen MR) is 64.9 cm³/mol. The molecule has 1 aromatic carbocycles. The van der Waals surface area contributed by atoms with Crippen molar-refractivity contribution in [1.29, 1.82) is 0 Å². The van der Waals surface area contributed by atoms with E-state index in [0.717, 1.165) is 33.0 Å². The molecule has 0 bridgehead atoms. The molecule has 0 radical (unpaired) electrons. The van der Waals surface area contributed by atoms with E-state index in [1.54, 1.807) is 7.11 Å². The molecule has 0 atom stereocenters. The minimum absolute atomic E-state index is 0.649. The van der Waals surface area contributed by atoms with Crippen LogP contribution in [0.2, 0.25) is 5.02 Å². The molecule has 0 aliphatic carbocycles. The van der Waals surface area contributed by atoms with E-state index in [2.05, 4.69) is 12.6 Å². The number of rotatable bonds is 2. The van der Waals surface area contributed by atoms with Crippen LogP contribution in [-0.4, -0.2) is 7.11 Å². The zero-order valence-electron chi connectivity index (χ0n) is 8.94. The second-order valence-electron chi connectivity index (χ2n) is 3.36. The van der Waals surface area contributed by atoms with E-state index in [9.17, 15) is 0 Å². The summed E-state index contributed by atoms with van der Waals surface area (Å²) in [5.74, 6) is 1.56. The summed E-state index contributed by atoms with van der Waals surface area (Å²) in [6, 6.07) is 0. The predicted octanol–water partition coefficient (Wildman–Crippen LogP) is 3.70. The highest BCUT2D eigenvalue weighted by Gasteiger charge is 2.15. The molecule has 1 aromatic rings. The maximum atomic E-state index is 6.21.